The molecule has 0 aliphatic carbocycles. The number of hydrogen-bond donors (Lipinski definition) is 0. The van der Waals surface area contributed by atoms with Gasteiger partial charge in [0.15, 0.2) is 6.23 Å². The lowest BCUT2D eigenvalue weighted by Crippen LogP contribution is -2.40. The molecule has 1 unspecified atom stereocenters. The maximum absolute atomic E-state index is 5.48. The molecule has 0 N–H and O–H groups in total. The summed E-state index contributed by atoms with van der Waals surface area (Å²) >= 11 is 0. The summed E-state index contributed by atoms with van der Waals surface area (Å²) in [4.78, 5) is 0. The van der Waals surface area contributed by atoms with E-state index < -0.39 is 0 Å². The largest absolute Gasteiger partial charge is 0.340 e. The van der Waals surface area contributed by atoms with Crippen LogP contribution >= 0.6 is 0 Å². The van der Waals surface area contributed by atoms with Gasteiger partial charge in [-0.05, 0) is 6.92 Å². The van der Waals surface area contributed by atoms with Crippen LogP contribution in [0.25, 0.3) is 6.20 Å². The van der Waals surface area contributed by atoms with Crippen LogP contribution < -0.4 is 4.57 Å². The molecule has 1 aromatic heterocycles. The van der Waals surface area contributed by atoms with E-state index in [0.717, 1.165) is 12.4 Å². The smallest absolute Gasteiger partial charge is 0.260 e. The lowest BCUT2D eigenvalue weighted by atomic mass is 10.5. The second-order valence-corrected chi connectivity index (χ2v) is 2.90. The second-order valence-electron chi connectivity index (χ2n) is 2.90. The predicted octanol–water partition coefficient (Wildman–Crippen LogP) is 1.74. The average Bonchev–Trinajstić information content (AvgIpc) is 2.47. The minimum Gasteiger partial charge on any atom is -0.340 e. The van der Waals surface area contributed by atoms with Gasteiger partial charge >= 0.3 is 0 Å². The molecule has 0 radical (unpaired) electrons. The van der Waals surface area contributed by atoms with E-state index in [1.165, 1.54) is 0 Å². The van der Waals surface area contributed by atoms with Crippen LogP contribution in [-0.4, -0.2) is 11.2 Å². The van der Waals surface area contributed by atoms with Gasteiger partial charge in [0, 0.05) is 20.5 Å². The van der Waals surface area contributed by atoms with Crippen LogP contribution in [0.3, 0.4) is 0 Å². The van der Waals surface area contributed by atoms with Gasteiger partial charge in [0.1, 0.15) is 12.4 Å². The van der Waals surface area contributed by atoms with Crippen molar-refractivity contribution in [1.29, 1.82) is 0 Å². The third kappa shape index (κ3) is 1.98. The minimum atomic E-state index is 0.0891. The maximum Gasteiger partial charge on any atom is 0.260 e. The first-order valence-corrected chi connectivity index (χ1v) is 4.53. The molecule has 0 amide bonds. The normalized spacial score (nSPS) is 12.8. The summed E-state index contributed by atoms with van der Waals surface area (Å²) < 4.78 is 9.52. The molecule has 0 fully saturated rings. The highest BCUT2D eigenvalue weighted by molar-refractivity contribution is 5.16. The highest BCUT2D eigenvalue weighted by Crippen LogP contribution is 2.01. The summed E-state index contributed by atoms with van der Waals surface area (Å²) in [5, 5.41) is 0. The molecule has 3 heteroatoms. The van der Waals surface area contributed by atoms with E-state index in [1.807, 2.05) is 37.7 Å². The van der Waals surface area contributed by atoms with Gasteiger partial charge in [-0.25, -0.2) is 9.13 Å². The molecular formula is C10H17N2O+. The van der Waals surface area contributed by atoms with Crippen molar-refractivity contribution in [3.63, 3.8) is 0 Å². The number of rotatable bonds is 4. The van der Waals surface area contributed by atoms with E-state index in [4.69, 9.17) is 4.74 Å². The summed E-state index contributed by atoms with van der Waals surface area (Å²) in [6, 6.07) is 0. The zero-order valence-electron chi connectivity index (χ0n) is 8.53. The summed E-state index contributed by atoms with van der Waals surface area (Å²) in [5.74, 6) is 1.12. The van der Waals surface area contributed by atoms with Gasteiger partial charge in [-0.15, -0.1) is 0 Å². The molecule has 0 spiro atoms. The Hall–Kier alpha value is -1.09. The van der Waals surface area contributed by atoms with Crippen LogP contribution in [0.15, 0.2) is 19.0 Å². The zero-order chi connectivity index (χ0) is 9.84. The Bertz CT molecular complexity index is 291. The van der Waals surface area contributed by atoms with Crippen molar-refractivity contribution in [3.8, 4) is 0 Å². The third-order valence-corrected chi connectivity index (χ3v) is 2.13. The van der Waals surface area contributed by atoms with Crippen LogP contribution in [0.1, 0.15) is 25.9 Å². The van der Waals surface area contributed by atoms with E-state index in [2.05, 4.69) is 11.1 Å². The van der Waals surface area contributed by atoms with Gasteiger partial charge in [-0.2, -0.15) is 0 Å². The van der Waals surface area contributed by atoms with Crippen molar-refractivity contribution in [2.45, 2.75) is 27.0 Å². The first-order valence-electron chi connectivity index (χ1n) is 4.53. The van der Waals surface area contributed by atoms with Crippen LogP contribution in [-0.2, 0) is 4.74 Å². The summed E-state index contributed by atoms with van der Waals surface area (Å²) in [6.45, 7) is 10.5. The van der Waals surface area contributed by atoms with Gasteiger partial charge in [-0.1, -0.05) is 6.58 Å². The zero-order valence-corrected chi connectivity index (χ0v) is 8.53. The Morgan fingerprint density at radius 2 is 2.46 bits per heavy atom. The van der Waals surface area contributed by atoms with Gasteiger partial charge in [0.25, 0.3) is 5.82 Å². The Balaban J connectivity index is 2.88. The highest BCUT2D eigenvalue weighted by Gasteiger charge is 2.15. The number of aromatic nitrogens is 2. The summed E-state index contributed by atoms with van der Waals surface area (Å²) in [7, 11) is 0. The monoisotopic (exact) mass is 181 g/mol. The number of hydrogen-bond acceptors (Lipinski definition) is 1. The van der Waals surface area contributed by atoms with Crippen molar-refractivity contribution in [2.75, 3.05) is 6.61 Å². The first-order chi connectivity index (χ1) is 6.20. The molecule has 0 saturated heterocycles. The Labute approximate surface area is 79.3 Å². The molecule has 0 aromatic carbocycles. The van der Waals surface area contributed by atoms with Gasteiger partial charge in [0.05, 0.1) is 6.20 Å². The van der Waals surface area contributed by atoms with Crippen LogP contribution in [0.4, 0.5) is 0 Å². The van der Waals surface area contributed by atoms with Crippen molar-refractivity contribution in [2.24, 2.45) is 0 Å². The molecule has 13 heavy (non-hydrogen) atoms. The van der Waals surface area contributed by atoms with Crippen molar-refractivity contribution >= 4 is 6.20 Å². The lowest BCUT2D eigenvalue weighted by Gasteiger charge is -2.08. The van der Waals surface area contributed by atoms with E-state index in [0.29, 0.717) is 0 Å². The Morgan fingerprint density at radius 1 is 1.77 bits per heavy atom. The number of ether oxygens (including phenoxy) is 1. The maximum atomic E-state index is 5.48. The molecule has 1 aromatic rings. The Morgan fingerprint density at radius 3 is 2.92 bits per heavy atom. The van der Waals surface area contributed by atoms with Crippen molar-refractivity contribution in [1.82, 2.24) is 4.57 Å². The quantitative estimate of drug-likeness (QED) is 0.647. The topological polar surface area (TPSA) is 18.0 Å². The summed E-state index contributed by atoms with van der Waals surface area (Å²) in [6.07, 6.45) is 5.84. The predicted molar refractivity (Wildman–Crippen MR) is 52.1 cm³/mol. The third-order valence-electron chi connectivity index (χ3n) is 2.13. The number of nitrogens with zero attached hydrogens (tertiary/aromatic N) is 2. The first kappa shape index (κ1) is 9.99. The van der Waals surface area contributed by atoms with Crippen LogP contribution in [0.2, 0.25) is 0 Å². The van der Waals surface area contributed by atoms with Gasteiger partial charge < -0.3 is 4.74 Å². The molecule has 0 aliphatic heterocycles. The molecule has 3 nitrogen and oxygen atoms in total. The molecular weight excluding hydrogens is 164 g/mol. The van der Waals surface area contributed by atoms with Crippen LogP contribution in [0, 0.1) is 6.92 Å². The van der Waals surface area contributed by atoms with E-state index in [1.54, 1.807) is 6.20 Å². The molecule has 0 bridgehead atoms. The SMILES string of the molecule is C=Cn1cc[n+](C(C)OCC)c1C. The highest BCUT2D eigenvalue weighted by atomic mass is 16.5. The fourth-order valence-corrected chi connectivity index (χ4v) is 1.39. The van der Waals surface area contributed by atoms with Crippen LogP contribution in [0.5, 0.6) is 0 Å². The van der Waals surface area contributed by atoms with E-state index in [-0.39, 0.29) is 6.23 Å². The van der Waals surface area contributed by atoms with Crippen molar-refractivity contribution in [3.05, 3.63) is 24.8 Å². The minimum absolute atomic E-state index is 0.0891. The second kappa shape index (κ2) is 4.23. The van der Waals surface area contributed by atoms with E-state index in [9.17, 15) is 0 Å². The lowest BCUT2D eigenvalue weighted by molar-refractivity contribution is -0.762. The van der Waals surface area contributed by atoms with Gasteiger partial charge in [0.2, 0.25) is 0 Å². The summed E-state index contributed by atoms with van der Waals surface area (Å²) in [5.41, 5.74) is 0. The fraction of sp³-hybridized carbons (Fsp3) is 0.500. The molecule has 1 heterocycles. The van der Waals surface area contributed by atoms with E-state index >= 15 is 0 Å². The average molecular weight is 181 g/mol. The molecule has 1 rings (SSSR count). The number of imidazole rings is 1. The standard InChI is InChI=1S/C10H17N2O/c1-5-11-7-8-12(9(11)3)10(4)13-6-2/h5,7-8,10H,1,6H2,2-4H3/q+1. The molecule has 72 valence electrons. The fourth-order valence-electron chi connectivity index (χ4n) is 1.39. The molecule has 0 aliphatic rings. The Kier molecular flexibility index (Phi) is 3.25. The molecule has 0 saturated carbocycles. The van der Waals surface area contributed by atoms with Gasteiger partial charge in [-0.3, -0.25) is 0 Å². The van der Waals surface area contributed by atoms with Crippen molar-refractivity contribution < 1.29 is 9.30 Å². The molecule has 1 atom stereocenters.